The van der Waals surface area contributed by atoms with Crippen molar-refractivity contribution in [3.63, 3.8) is 0 Å². The Balaban J connectivity index is 1.74. The summed E-state index contributed by atoms with van der Waals surface area (Å²) in [5, 5.41) is 10.5. The molecular formula is C10H17N3S2. The number of thioether (sulfide) groups is 1. The minimum atomic E-state index is 0.679. The Bertz CT molecular complexity index is 276. The van der Waals surface area contributed by atoms with Crippen LogP contribution in [0.2, 0.25) is 0 Å². The van der Waals surface area contributed by atoms with Crippen LogP contribution < -0.4 is 5.32 Å². The Morgan fingerprint density at radius 2 is 2.53 bits per heavy atom. The summed E-state index contributed by atoms with van der Waals surface area (Å²) < 4.78 is 3.86. The van der Waals surface area contributed by atoms with Crippen molar-refractivity contribution in [2.45, 2.75) is 43.5 Å². The third-order valence-corrected chi connectivity index (χ3v) is 4.58. The molecule has 0 spiro atoms. The van der Waals surface area contributed by atoms with E-state index in [2.05, 4.69) is 21.2 Å². The first kappa shape index (κ1) is 11.4. The Morgan fingerprint density at radius 3 is 3.27 bits per heavy atom. The van der Waals surface area contributed by atoms with Crippen molar-refractivity contribution < 1.29 is 0 Å². The molecule has 1 fully saturated rings. The third kappa shape index (κ3) is 3.43. The molecule has 5 heteroatoms. The molecule has 0 radical (unpaired) electrons. The molecule has 0 saturated heterocycles. The minimum Gasteiger partial charge on any atom is -0.308 e. The predicted octanol–water partition coefficient (Wildman–Crippen LogP) is 2.30. The Kier molecular flexibility index (Phi) is 4.41. The van der Waals surface area contributed by atoms with Crippen LogP contribution >= 0.6 is 23.3 Å². The van der Waals surface area contributed by atoms with Gasteiger partial charge in [0, 0.05) is 23.2 Å². The molecule has 1 saturated carbocycles. The summed E-state index contributed by atoms with van der Waals surface area (Å²) in [4.78, 5) is 0. The van der Waals surface area contributed by atoms with Crippen LogP contribution in [-0.4, -0.2) is 27.1 Å². The van der Waals surface area contributed by atoms with Gasteiger partial charge in [-0.1, -0.05) is 10.9 Å². The highest BCUT2D eigenvalue weighted by atomic mass is 32.2. The topological polar surface area (TPSA) is 37.8 Å². The molecule has 0 aliphatic heterocycles. The molecule has 84 valence electrons. The molecule has 0 aromatic carbocycles. The van der Waals surface area contributed by atoms with E-state index < -0.39 is 0 Å². The number of nitrogens with one attached hydrogen (secondary N) is 1. The second-order valence-corrected chi connectivity index (χ2v) is 5.75. The molecule has 1 N–H and O–H groups in total. The number of rotatable bonds is 4. The quantitative estimate of drug-likeness (QED) is 0.880. The largest absolute Gasteiger partial charge is 0.308 e. The fraction of sp³-hybridized carbons (Fsp3) is 0.800. The van der Waals surface area contributed by atoms with Gasteiger partial charge in [-0.15, -0.1) is 5.10 Å². The molecule has 1 aromatic rings. The van der Waals surface area contributed by atoms with Crippen molar-refractivity contribution in [2.24, 2.45) is 0 Å². The molecule has 3 nitrogen and oxygen atoms in total. The normalized spacial score (nSPS) is 26.7. The number of aromatic nitrogens is 2. The van der Waals surface area contributed by atoms with Gasteiger partial charge < -0.3 is 5.32 Å². The molecule has 2 rings (SSSR count). The molecule has 1 aliphatic rings. The highest BCUT2D eigenvalue weighted by Gasteiger charge is 2.20. The maximum Gasteiger partial charge on any atom is 0.0893 e. The van der Waals surface area contributed by atoms with Gasteiger partial charge in [0.05, 0.1) is 5.69 Å². The number of hydrogen-bond acceptors (Lipinski definition) is 5. The molecule has 15 heavy (non-hydrogen) atoms. The van der Waals surface area contributed by atoms with Crippen molar-refractivity contribution in [1.29, 1.82) is 0 Å². The van der Waals surface area contributed by atoms with E-state index in [1.165, 1.54) is 37.2 Å². The lowest BCUT2D eigenvalue weighted by Crippen LogP contribution is -2.34. The summed E-state index contributed by atoms with van der Waals surface area (Å²) in [5.74, 6) is 0. The van der Waals surface area contributed by atoms with Gasteiger partial charge >= 0.3 is 0 Å². The van der Waals surface area contributed by atoms with Crippen LogP contribution in [0.25, 0.3) is 0 Å². The van der Waals surface area contributed by atoms with Crippen LogP contribution in [0.15, 0.2) is 5.38 Å². The highest BCUT2D eigenvalue weighted by molar-refractivity contribution is 7.99. The summed E-state index contributed by atoms with van der Waals surface area (Å²) in [6.45, 7) is 0.877. The van der Waals surface area contributed by atoms with Gasteiger partial charge in [-0.2, -0.15) is 11.8 Å². The van der Waals surface area contributed by atoms with Gasteiger partial charge in [-0.3, -0.25) is 0 Å². The van der Waals surface area contributed by atoms with Gasteiger partial charge in [0.1, 0.15) is 0 Å². The van der Waals surface area contributed by atoms with Crippen LogP contribution in [-0.2, 0) is 6.54 Å². The minimum absolute atomic E-state index is 0.679. The van der Waals surface area contributed by atoms with Gasteiger partial charge in [-0.05, 0) is 37.1 Å². The lowest BCUT2D eigenvalue weighted by molar-refractivity contribution is 0.378. The zero-order valence-corrected chi connectivity index (χ0v) is 10.6. The maximum atomic E-state index is 4.04. The number of nitrogens with zero attached hydrogens (tertiary/aromatic N) is 2. The van der Waals surface area contributed by atoms with Gasteiger partial charge in [-0.25, -0.2) is 0 Å². The molecule has 2 unspecified atom stereocenters. The lowest BCUT2D eigenvalue weighted by atomic mass is 9.95. The van der Waals surface area contributed by atoms with Crippen LogP contribution in [0.1, 0.15) is 31.4 Å². The van der Waals surface area contributed by atoms with E-state index in [0.29, 0.717) is 6.04 Å². The summed E-state index contributed by atoms with van der Waals surface area (Å²) in [6.07, 6.45) is 7.58. The molecule has 2 atom stereocenters. The van der Waals surface area contributed by atoms with Gasteiger partial charge in [0.25, 0.3) is 0 Å². The molecule has 1 aromatic heterocycles. The molecule has 0 bridgehead atoms. The van der Waals surface area contributed by atoms with Crippen molar-refractivity contribution in [1.82, 2.24) is 14.9 Å². The second kappa shape index (κ2) is 5.82. The Hall–Kier alpha value is -0.130. The predicted molar refractivity (Wildman–Crippen MR) is 66.3 cm³/mol. The van der Waals surface area contributed by atoms with Crippen LogP contribution in [0.3, 0.4) is 0 Å². The zero-order valence-electron chi connectivity index (χ0n) is 8.98. The van der Waals surface area contributed by atoms with Crippen LogP contribution in [0.4, 0.5) is 0 Å². The third-order valence-electron chi connectivity index (χ3n) is 2.94. The summed E-state index contributed by atoms with van der Waals surface area (Å²) in [5.41, 5.74) is 1.08. The van der Waals surface area contributed by atoms with E-state index in [1.54, 1.807) is 0 Å². The first-order chi connectivity index (χ1) is 7.38. The maximum absolute atomic E-state index is 4.04. The Labute approximate surface area is 99.2 Å². The van der Waals surface area contributed by atoms with E-state index in [-0.39, 0.29) is 0 Å². The van der Waals surface area contributed by atoms with Crippen molar-refractivity contribution in [2.75, 3.05) is 6.26 Å². The number of hydrogen-bond donors (Lipinski definition) is 1. The average molecular weight is 243 g/mol. The fourth-order valence-corrected chi connectivity index (χ4v) is 3.33. The van der Waals surface area contributed by atoms with E-state index >= 15 is 0 Å². The fourth-order valence-electron chi connectivity index (χ4n) is 2.05. The molecule has 0 amide bonds. The monoisotopic (exact) mass is 243 g/mol. The van der Waals surface area contributed by atoms with Crippen molar-refractivity contribution in [3.8, 4) is 0 Å². The molecule has 1 heterocycles. The average Bonchev–Trinajstić information content (AvgIpc) is 2.79. The first-order valence-corrected chi connectivity index (χ1v) is 7.53. The van der Waals surface area contributed by atoms with Crippen molar-refractivity contribution >= 4 is 23.3 Å². The lowest BCUT2D eigenvalue weighted by Gasteiger charge is -2.28. The van der Waals surface area contributed by atoms with Crippen LogP contribution in [0, 0.1) is 0 Å². The Morgan fingerprint density at radius 1 is 1.60 bits per heavy atom. The highest BCUT2D eigenvalue weighted by Crippen LogP contribution is 2.26. The van der Waals surface area contributed by atoms with Gasteiger partial charge in [0.15, 0.2) is 0 Å². The van der Waals surface area contributed by atoms with E-state index in [4.69, 9.17) is 0 Å². The van der Waals surface area contributed by atoms with Crippen molar-refractivity contribution in [3.05, 3.63) is 11.1 Å². The summed E-state index contributed by atoms with van der Waals surface area (Å²) in [7, 11) is 0. The molecular weight excluding hydrogens is 226 g/mol. The van der Waals surface area contributed by atoms with E-state index in [1.807, 2.05) is 17.1 Å². The van der Waals surface area contributed by atoms with Crippen LogP contribution in [0.5, 0.6) is 0 Å². The SMILES string of the molecule is CSC1CCCC(NCc2csnn2)C1. The second-order valence-electron chi connectivity index (χ2n) is 4.00. The van der Waals surface area contributed by atoms with E-state index in [9.17, 15) is 0 Å². The smallest absolute Gasteiger partial charge is 0.0893 e. The van der Waals surface area contributed by atoms with Gasteiger partial charge in [0.2, 0.25) is 0 Å². The summed E-state index contributed by atoms with van der Waals surface area (Å²) in [6, 6.07) is 0.679. The zero-order chi connectivity index (χ0) is 10.5. The summed E-state index contributed by atoms with van der Waals surface area (Å²) >= 11 is 3.43. The standard InChI is InChI=1S/C10H17N3S2/c1-14-10-4-2-3-8(5-10)11-6-9-7-15-13-12-9/h7-8,10-11H,2-6H2,1H3. The molecule has 1 aliphatic carbocycles. The first-order valence-electron chi connectivity index (χ1n) is 5.40. The van der Waals surface area contributed by atoms with E-state index in [0.717, 1.165) is 17.5 Å².